The van der Waals surface area contributed by atoms with Gasteiger partial charge in [0.25, 0.3) is 0 Å². The van der Waals surface area contributed by atoms with Crippen LogP contribution in [0.3, 0.4) is 0 Å². The molecule has 23 heavy (non-hydrogen) atoms. The molecule has 0 amide bonds. The van der Waals surface area contributed by atoms with E-state index in [-0.39, 0.29) is 0 Å². The first-order valence-corrected chi connectivity index (χ1v) is 8.83. The summed E-state index contributed by atoms with van der Waals surface area (Å²) in [6.07, 6.45) is 3.03. The average molecular weight is 319 g/mol. The number of benzene rings is 1. The van der Waals surface area contributed by atoms with Gasteiger partial charge in [0.2, 0.25) is 0 Å². The summed E-state index contributed by atoms with van der Waals surface area (Å²) in [6, 6.07) is 8.89. The van der Waals surface area contributed by atoms with Gasteiger partial charge < -0.3 is 14.9 Å². The highest BCUT2D eigenvalue weighted by atomic mass is 16.3. The van der Waals surface area contributed by atoms with Gasteiger partial charge >= 0.3 is 0 Å². The summed E-state index contributed by atoms with van der Waals surface area (Å²) >= 11 is 0. The van der Waals surface area contributed by atoms with Crippen LogP contribution in [-0.2, 0) is 13.0 Å². The van der Waals surface area contributed by atoms with Crippen molar-refractivity contribution in [3.63, 3.8) is 0 Å². The molecule has 0 unspecified atom stereocenters. The van der Waals surface area contributed by atoms with Crippen LogP contribution >= 0.6 is 0 Å². The van der Waals surface area contributed by atoms with Crippen molar-refractivity contribution in [2.24, 2.45) is 5.41 Å². The molecule has 1 aromatic carbocycles. The number of nitrogens with zero attached hydrogens (tertiary/aromatic N) is 2. The maximum absolute atomic E-state index is 9.82. The molecular formula is C20H34N2O. The van der Waals surface area contributed by atoms with Gasteiger partial charge in [-0.1, -0.05) is 31.2 Å². The molecule has 1 N–H and O–H groups in total. The van der Waals surface area contributed by atoms with Crippen molar-refractivity contribution in [2.75, 3.05) is 33.7 Å². The molecule has 0 spiro atoms. The summed E-state index contributed by atoms with van der Waals surface area (Å²) in [4.78, 5) is 4.89. The lowest BCUT2D eigenvalue weighted by Crippen LogP contribution is -2.35. The number of rotatable bonds is 7. The predicted octanol–water partition coefficient (Wildman–Crippen LogP) is 3.16. The molecule has 1 aromatic rings. The largest absolute Gasteiger partial charge is 0.390 e. The molecule has 0 aromatic heterocycles. The number of aliphatic hydroxyl groups is 1. The zero-order valence-corrected chi connectivity index (χ0v) is 15.6. The summed E-state index contributed by atoms with van der Waals surface area (Å²) in [6.45, 7) is 10.7. The Morgan fingerprint density at radius 1 is 1.22 bits per heavy atom. The lowest BCUT2D eigenvalue weighted by molar-refractivity contribution is 0.0714. The molecule has 1 aliphatic heterocycles. The van der Waals surface area contributed by atoms with Crippen LogP contribution in [0.1, 0.15) is 44.7 Å². The Hall–Kier alpha value is -0.900. The fraction of sp³-hybridized carbons (Fsp3) is 0.700. The fourth-order valence-electron chi connectivity index (χ4n) is 3.68. The zero-order chi connectivity index (χ0) is 17.1. The minimum atomic E-state index is -0.581. The van der Waals surface area contributed by atoms with E-state index in [0.717, 1.165) is 25.9 Å². The van der Waals surface area contributed by atoms with E-state index < -0.39 is 5.60 Å². The summed E-state index contributed by atoms with van der Waals surface area (Å²) < 4.78 is 0. The molecule has 0 aliphatic carbocycles. The average Bonchev–Trinajstić information content (AvgIpc) is 2.76. The van der Waals surface area contributed by atoms with Gasteiger partial charge in [-0.3, -0.25) is 0 Å². The smallest absolute Gasteiger partial charge is 0.0594 e. The van der Waals surface area contributed by atoms with E-state index >= 15 is 0 Å². The number of hydrogen-bond acceptors (Lipinski definition) is 3. The summed E-state index contributed by atoms with van der Waals surface area (Å²) in [5.74, 6) is 0. The van der Waals surface area contributed by atoms with Crippen LogP contribution in [0.2, 0.25) is 0 Å². The van der Waals surface area contributed by atoms with Crippen LogP contribution < -0.4 is 0 Å². The van der Waals surface area contributed by atoms with E-state index in [1.807, 2.05) is 13.8 Å². The van der Waals surface area contributed by atoms with Gasteiger partial charge in [0.05, 0.1) is 5.60 Å². The summed E-state index contributed by atoms with van der Waals surface area (Å²) in [7, 11) is 4.45. The maximum atomic E-state index is 9.82. The molecule has 2 rings (SSSR count). The fourth-order valence-corrected chi connectivity index (χ4v) is 3.68. The Balaban J connectivity index is 1.83. The van der Waals surface area contributed by atoms with Gasteiger partial charge in [0.15, 0.2) is 0 Å². The Morgan fingerprint density at radius 2 is 1.83 bits per heavy atom. The van der Waals surface area contributed by atoms with E-state index in [2.05, 4.69) is 55.1 Å². The first kappa shape index (κ1) is 18.4. The third-order valence-corrected chi connectivity index (χ3v) is 4.90. The third-order valence-electron chi connectivity index (χ3n) is 4.90. The van der Waals surface area contributed by atoms with E-state index in [9.17, 15) is 5.11 Å². The van der Waals surface area contributed by atoms with E-state index in [1.54, 1.807) is 0 Å². The Labute approximate surface area is 142 Å². The molecule has 1 atom stereocenters. The summed E-state index contributed by atoms with van der Waals surface area (Å²) in [5, 5.41) is 9.82. The van der Waals surface area contributed by atoms with Crippen molar-refractivity contribution in [3.8, 4) is 0 Å². The number of aryl methyl sites for hydroxylation is 1. The van der Waals surface area contributed by atoms with Gasteiger partial charge in [-0.2, -0.15) is 0 Å². The zero-order valence-electron chi connectivity index (χ0n) is 15.6. The van der Waals surface area contributed by atoms with Crippen LogP contribution in [-0.4, -0.2) is 54.2 Å². The van der Waals surface area contributed by atoms with Crippen molar-refractivity contribution in [2.45, 2.75) is 52.2 Å². The van der Waals surface area contributed by atoms with E-state index in [0.29, 0.717) is 5.41 Å². The first-order chi connectivity index (χ1) is 10.7. The highest BCUT2D eigenvalue weighted by Crippen LogP contribution is 2.30. The van der Waals surface area contributed by atoms with Crippen LogP contribution in [0.25, 0.3) is 0 Å². The van der Waals surface area contributed by atoms with Crippen LogP contribution in [0.15, 0.2) is 24.3 Å². The molecule has 0 radical (unpaired) electrons. The second kappa shape index (κ2) is 7.33. The van der Waals surface area contributed by atoms with Gasteiger partial charge in [-0.05, 0) is 70.3 Å². The molecular weight excluding hydrogens is 284 g/mol. The highest BCUT2D eigenvalue weighted by molar-refractivity contribution is 5.22. The quantitative estimate of drug-likeness (QED) is 0.836. The molecule has 3 heteroatoms. The van der Waals surface area contributed by atoms with Gasteiger partial charge in [0.1, 0.15) is 0 Å². The lowest BCUT2D eigenvalue weighted by Gasteiger charge is -2.30. The van der Waals surface area contributed by atoms with Crippen LogP contribution in [0, 0.1) is 5.41 Å². The molecule has 1 saturated heterocycles. The normalized spacial score (nSPS) is 22.9. The predicted molar refractivity (Wildman–Crippen MR) is 97.6 cm³/mol. The van der Waals surface area contributed by atoms with Crippen molar-refractivity contribution in [1.82, 2.24) is 9.80 Å². The second-order valence-electron chi connectivity index (χ2n) is 8.60. The Morgan fingerprint density at radius 3 is 2.35 bits per heavy atom. The Kier molecular flexibility index (Phi) is 5.88. The topological polar surface area (TPSA) is 26.7 Å². The lowest BCUT2D eigenvalue weighted by atomic mass is 9.89. The molecule has 3 nitrogen and oxygen atoms in total. The standard InChI is InChI=1S/C20H34N2O/c1-19(2,23)11-10-17-6-8-18(9-7-17)14-22(5)16-20(3)12-13-21(4)15-20/h6-9,23H,10-16H2,1-5H3/t20-/m1/s1. The van der Waals surface area contributed by atoms with Gasteiger partial charge in [0, 0.05) is 19.6 Å². The van der Waals surface area contributed by atoms with Crippen LogP contribution in [0.5, 0.6) is 0 Å². The third kappa shape index (κ3) is 6.25. The molecule has 1 heterocycles. The molecule has 0 bridgehead atoms. The SMILES string of the molecule is CN1CC[C@@](C)(CN(C)Cc2ccc(CCC(C)(C)O)cc2)C1. The minimum absolute atomic E-state index is 0.427. The van der Waals surface area contributed by atoms with Gasteiger partial charge in [-0.25, -0.2) is 0 Å². The van der Waals surface area contributed by atoms with E-state index in [4.69, 9.17) is 0 Å². The van der Waals surface area contributed by atoms with Crippen molar-refractivity contribution in [1.29, 1.82) is 0 Å². The monoisotopic (exact) mass is 318 g/mol. The highest BCUT2D eigenvalue weighted by Gasteiger charge is 2.32. The second-order valence-corrected chi connectivity index (χ2v) is 8.60. The Bertz CT molecular complexity index is 491. The van der Waals surface area contributed by atoms with Crippen LogP contribution in [0.4, 0.5) is 0 Å². The number of hydrogen-bond donors (Lipinski definition) is 1. The first-order valence-electron chi connectivity index (χ1n) is 8.83. The molecule has 1 fully saturated rings. The molecule has 130 valence electrons. The molecule has 1 aliphatic rings. The van der Waals surface area contributed by atoms with Gasteiger partial charge in [-0.15, -0.1) is 0 Å². The summed E-state index contributed by atoms with van der Waals surface area (Å²) in [5.41, 5.74) is 2.52. The van der Waals surface area contributed by atoms with Crippen molar-refractivity contribution >= 4 is 0 Å². The van der Waals surface area contributed by atoms with Crippen molar-refractivity contribution in [3.05, 3.63) is 35.4 Å². The molecule has 0 saturated carbocycles. The van der Waals surface area contributed by atoms with Crippen molar-refractivity contribution < 1.29 is 5.11 Å². The van der Waals surface area contributed by atoms with E-state index in [1.165, 1.54) is 30.6 Å². The minimum Gasteiger partial charge on any atom is -0.390 e. The number of likely N-dealkylation sites (tertiary alicyclic amines) is 1. The maximum Gasteiger partial charge on any atom is 0.0594 e.